The summed E-state index contributed by atoms with van der Waals surface area (Å²) in [4.78, 5) is 18.4. The van der Waals surface area contributed by atoms with Gasteiger partial charge in [-0.15, -0.1) is 34.0 Å². The quantitative estimate of drug-likeness (QED) is 0.743. The molecule has 1 N–H and O–H groups in total. The first-order valence-electron chi connectivity index (χ1n) is 5.74. The number of aromatic nitrogens is 1. The van der Waals surface area contributed by atoms with Crippen LogP contribution in [0.2, 0.25) is 4.34 Å². The second-order valence-electron chi connectivity index (χ2n) is 3.95. The van der Waals surface area contributed by atoms with Gasteiger partial charge in [-0.3, -0.25) is 4.79 Å². The summed E-state index contributed by atoms with van der Waals surface area (Å²) in [6, 6.07) is 7.66. The van der Waals surface area contributed by atoms with Crippen molar-refractivity contribution < 1.29 is 4.79 Å². The van der Waals surface area contributed by atoms with Gasteiger partial charge in [0.1, 0.15) is 0 Å². The fourth-order valence-corrected chi connectivity index (χ4v) is 4.21. The van der Waals surface area contributed by atoms with Crippen LogP contribution in [-0.4, -0.2) is 10.9 Å². The molecule has 20 heavy (non-hydrogen) atoms. The summed E-state index contributed by atoms with van der Waals surface area (Å²) in [5.41, 5.74) is 0.902. The van der Waals surface area contributed by atoms with E-state index in [9.17, 15) is 4.79 Å². The highest BCUT2D eigenvalue weighted by atomic mass is 35.5. The standard InChI is InChI=1S/C13H9ClN2OS3/c14-11-4-3-8(20-11)6-12(17)16-13-15-9(7-19-13)10-2-1-5-18-10/h1-5,7H,6H2,(H,15,16,17). The van der Waals surface area contributed by atoms with Gasteiger partial charge in [-0.25, -0.2) is 4.98 Å². The van der Waals surface area contributed by atoms with Gasteiger partial charge in [0.25, 0.3) is 0 Å². The van der Waals surface area contributed by atoms with E-state index in [-0.39, 0.29) is 5.91 Å². The minimum Gasteiger partial charge on any atom is -0.302 e. The molecule has 0 radical (unpaired) electrons. The molecular formula is C13H9ClN2OS3. The van der Waals surface area contributed by atoms with E-state index in [1.54, 1.807) is 17.4 Å². The summed E-state index contributed by atoms with van der Waals surface area (Å²) < 4.78 is 0.696. The Kier molecular flexibility index (Phi) is 4.16. The van der Waals surface area contributed by atoms with Crippen molar-refractivity contribution in [2.75, 3.05) is 5.32 Å². The molecule has 0 aromatic carbocycles. The zero-order valence-corrected chi connectivity index (χ0v) is 13.3. The van der Waals surface area contributed by atoms with Crippen LogP contribution in [0.3, 0.4) is 0 Å². The molecule has 0 bridgehead atoms. The molecule has 0 aliphatic rings. The van der Waals surface area contributed by atoms with Crippen molar-refractivity contribution in [2.24, 2.45) is 0 Å². The Bertz CT molecular complexity index is 718. The van der Waals surface area contributed by atoms with Crippen LogP contribution in [0, 0.1) is 0 Å². The molecule has 0 aliphatic carbocycles. The van der Waals surface area contributed by atoms with Gasteiger partial charge in [0.05, 0.1) is 21.3 Å². The smallest absolute Gasteiger partial charge is 0.231 e. The maximum Gasteiger partial charge on any atom is 0.231 e. The van der Waals surface area contributed by atoms with Crippen LogP contribution in [0.15, 0.2) is 35.0 Å². The molecule has 1 amide bonds. The molecule has 3 nitrogen and oxygen atoms in total. The lowest BCUT2D eigenvalue weighted by Gasteiger charge is -1.99. The third-order valence-electron chi connectivity index (χ3n) is 2.49. The lowest BCUT2D eigenvalue weighted by atomic mass is 10.3. The van der Waals surface area contributed by atoms with Crippen molar-refractivity contribution in [3.8, 4) is 10.6 Å². The summed E-state index contributed by atoms with van der Waals surface area (Å²) in [5.74, 6) is -0.0735. The molecule has 0 atom stereocenters. The largest absolute Gasteiger partial charge is 0.302 e. The zero-order chi connectivity index (χ0) is 13.9. The predicted octanol–water partition coefficient (Wildman–Crippen LogP) is 4.77. The van der Waals surface area contributed by atoms with E-state index >= 15 is 0 Å². The number of amides is 1. The fourth-order valence-electron chi connectivity index (χ4n) is 1.64. The Morgan fingerprint density at radius 3 is 2.90 bits per heavy atom. The maximum atomic E-state index is 11.9. The highest BCUT2D eigenvalue weighted by molar-refractivity contribution is 7.16. The van der Waals surface area contributed by atoms with Crippen LogP contribution in [0.4, 0.5) is 5.13 Å². The first kappa shape index (κ1) is 13.8. The molecule has 0 aliphatic heterocycles. The number of thiophene rings is 2. The topological polar surface area (TPSA) is 42.0 Å². The second-order valence-corrected chi connectivity index (χ2v) is 7.55. The fraction of sp³-hybridized carbons (Fsp3) is 0.0769. The van der Waals surface area contributed by atoms with Gasteiger partial charge >= 0.3 is 0 Å². The third-order valence-corrected chi connectivity index (χ3v) is 5.37. The number of thiazole rings is 1. The average molecular weight is 341 g/mol. The lowest BCUT2D eigenvalue weighted by Crippen LogP contribution is -2.13. The van der Waals surface area contributed by atoms with Crippen LogP contribution in [0.5, 0.6) is 0 Å². The van der Waals surface area contributed by atoms with Crippen LogP contribution in [0.25, 0.3) is 10.6 Å². The predicted molar refractivity (Wildman–Crippen MR) is 87.1 cm³/mol. The van der Waals surface area contributed by atoms with Gasteiger partial charge < -0.3 is 5.32 Å². The number of anilines is 1. The van der Waals surface area contributed by atoms with Gasteiger partial charge in [0, 0.05) is 10.3 Å². The minimum absolute atomic E-state index is 0.0735. The normalized spacial score (nSPS) is 10.7. The third kappa shape index (κ3) is 3.27. The number of rotatable bonds is 4. The molecule has 3 rings (SSSR count). The van der Waals surface area contributed by atoms with Crippen molar-refractivity contribution in [3.63, 3.8) is 0 Å². The van der Waals surface area contributed by atoms with Crippen molar-refractivity contribution in [1.29, 1.82) is 0 Å². The average Bonchev–Trinajstić information content (AvgIpc) is 3.10. The van der Waals surface area contributed by atoms with Crippen LogP contribution in [0.1, 0.15) is 4.88 Å². The molecule has 0 spiro atoms. The molecule has 0 fully saturated rings. The SMILES string of the molecule is O=C(Cc1ccc(Cl)s1)Nc1nc(-c2cccs2)cs1. The van der Waals surface area contributed by atoms with Gasteiger partial charge in [-0.05, 0) is 23.6 Å². The first-order chi connectivity index (χ1) is 9.70. The van der Waals surface area contributed by atoms with Gasteiger partial charge in [0.15, 0.2) is 5.13 Å². The summed E-state index contributed by atoms with van der Waals surface area (Å²) in [6.45, 7) is 0. The van der Waals surface area contributed by atoms with Crippen LogP contribution < -0.4 is 5.32 Å². The molecule has 3 aromatic rings. The number of hydrogen-bond donors (Lipinski definition) is 1. The molecule has 3 aromatic heterocycles. The summed E-state index contributed by atoms with van der Waals surface area (Å²) in [6.07, 6.45) is 0.325. The molecule has 102 valence electrons. The molecule has 3 heterocycles. The van der Waals surface area contributed by atoms with Gasteiger partial charge in [-0.1, -0.05) is 17.7 Å². The Hall–Kier alpha value is -1.21. The minimum atomic E-state index is -0.0735. The summed E-state index contributed by atoms with van der Waals surface area (Å²) in [5, 5.41) is 7.40. The summed E-state index contributed by atoms with van der Waals surface area (Å²) in [7, 11) is 0. The number of carbonyl (C=O) groups excluding carboxylic acids is 1. The monoisotopic (exact) mass is 340 g/mol. The highest BCUT2D eigenvalue weighted by Gasteiger charge is 2.10. The Morgan fingerprint density at radius 1 is 1.30 bits per heavy atom. The molecule has 0 unspecified atom stereocenters. The number of halogens is 1. The van der Waals surface area contributed by atoms with Crippen LogP contribution >= 0.6 is 45.6 Å². The van der Waals surface area contributed by atoms with E-state index in [1.165, 1.54) is 22.7 Å². The molecular weight excluding hydrogens is 332 g/mol. The number of nitrogens with zero attached hydrogens (tertiary/aromatic N) is 1. The Morgan fingerprint density at radius 2 is 2.20 bits per heavy atom. The van der Waals surface area contributed by atoms with E-state index in [0.717, 1.165) is 15.4 Å². The first-order valence-corrected chi connectivity index (χ1v) is 8.69. The van der Waals surface area contributed by atoms with Crippen LogP contribution in [-0.2, 0) is 11.2 Å². The lowest BCUT2D eigenvalue weighted by molar-refractivity contribution is -0.115. The van der Waals surface area contributed by atoms with Crippen molar-refractivity contribution in [1.82, 2.24) is 4.98 Å². The molecule has 0 saturated carbocycles. The van der Waals surface area contributed by atoms with Gasteiger partial charge in [-0.2, -0.15) is 0 Å². The van der Waals surface area contributed by atoms with Crippen molar-refractivity contribution >= 4 is 56.7 Å². The van der Waals surface area contributed by atoms with Crippen molar-refractivity contribution in [3.05, 3.63) is 44.2 Å². The maximum absolute atomic E-state index is 11.9. The highest BCUT2D eigenvalue weighted by Crippen LogP contribution is 2.28. The second kappa shape index (κ2) is 6.05. The van der Waals surface area contributed by atoms with E-state index < -0.39 is 0 Å². The Labute approximate surface area is 132 Å². The summed E-state index contributed by atoms with van der Waals surface area (Å²) >= 11 is 10.3. The van der Waals surface area contributed by atoms with E-state index in [4.69, 9.17) is 11.6 Å². The van der Waals surface area contributed by atoms with Gasteiger partial charge in [0.2, 0.25) is 5.91 Å². The van der Waals surface area contributed by atoms with E-state index in [2.05, 4.69) is 10.3 Å². The van der Waals surface area contributed by atoms with E-state index in [0.29, 0.717) is 15.9 Å². The number of hydrogen-bond acceptors (Lipinski definition) is 5. The molecule has 7 heteroatoms. The molecule has 0 saturated heterocycles. The Balaban J connectivity index is 1.64. The zero-order valence-electron chi connectivity index (χ0n) is 10.1. The number of carbonyl (C=O) groups is 1. The number of nitrogens with one attached hydrogen (secondary N) is 1. The van der Waals surface area contributed by atoms with E-state index in [1.807, 2.05) is 29.0 Å². The van der Waals surface area contributed by atoms with Crippen molar-refractivity contribution in [2.45, 2.75) is 6.42 Å².